The van der Waals surface area contributed by atoms with E-state index in [1.54, 1.807) is 38.3 Å². The molecule has 4 amide bonds. The highest BCUT2D eigenvalue weighted by atomic mass is 31.2. The van der Waals surface area contributed by atoms with E-state index < -0.39 is 68.3 Å². The van der Waals surface area contributed by atoms with E-state index >= 15 is 0 Å². The first-order chi connectivity index (χ1) is 30.3. The third-order valence-corrected chi connectivity index (χ3v) is 10.9. The lowest BCUT2D eigenvalue weighted by Gasteiger charge is -2.27. The summed E-state index contributed by atoms with van der Waals surface area (Å²) in [4.78, 5) is 87.1. The molecule has 332 valence electrons. The van der Waals surface area contributed by atoms with Gasteiger partial charge in [0, 0.05) is 19.3 Å². The lowest BCUT2D eigenvalue weighted by molar-refractivity contribution is -0.142. The van der Waals surface area contributed by atoms with Crippen molar-refractivity contribution in [2.24, 2.45) is 5.73 Å². The summed E-state index contributed by atoms with van der Waals surface area (Å²) in [5.41, 5.74) is 8.47. The van der Waals surface area contributed by atoms with Crippen LogP contribution in [0, 0.1) is 0 Å². The number of hydrogen-bond donors (Lipinski definition) is 8. The molecule has 0 aliphatic carbocycles. The van der Waals surface area contributed by atoms with Crippen molar-refractivity contribution in [1.82, 2.24) is 21.3 Å². The molecule has 0 aliphatic rings. The summed E-state index contributed by atoms with van der Waals surface area (Å²) in [5, 5.41) is 23.0. The summed E-state index contributed by atoms with van der Waals surface area (Å²) >= 11 is 0. The van der Waals surface area contributed by atoms with Crippen LogP contribution in [0.25, 0.3) is 10.8 Å². The number of rotatable bonds is 23. The number of hydrogen-bond acceptors (Lipinski definition) is 10. The van der Waals surface area contributed by atoms with E-state index in [1.165, 1.54) is 24.3 Å². The minimum absolute atomic E-state index is 0.0335. The third-order valence-electron chi connectivity index (χ3n) is 10.5. The molecule has 0 radical (unpaired) electrons. The fourth-order valence-electron chi connectivity index (χ4n) is 7.00. The molecule has 0 spiro atoms. The molecule has 0 heterocycles. The first-order valence-electron chi connectivity index (χ1n) is 20.6. The molecule has 15 nitrogen and oxygen atoms in total. The molecule has 16 heteroatoms. The van der Waals surface area contributed by atoms with Crippen LogP contribution in [-0.4, -0.2) is 82.3 Å². The monoisotopic (exact) mass is 879 g/mol. The number of carbonyl (C=O) groups excluding carboxylic acids is 4. The van der Waals surface area contributed by atoms with E-state index in [4.69, 9.17) is 24.8 Å². The van der Waals surface area contributed by atoms with Crippen molar-refractivity contribution >= 4 is 49.0 Å². The Balaban J connectivity index is 1.36. The fraction of sp³-hybridized carbons (Fsp3) is 0.298. The van der Waals surface area contributed by atoms with Crippen LogP contribution in [0.4, 0.5) is 0 Å². The number of aliphatic carboxylic acids is 1. The summed E-state index contributed by atoms with van der Waals surface area (Å²) in [6, 6.07) is 30.5. The van der Waals surface area contributed by atoms with Crippen LogP contribution in [0.1, 0.15) is 54.4 Å². The second kappa shape index (κ2) is 23.7. The van der Waals surface area contributed by atoms with Gasteiger partial charge in [-0.1, -0.05) is 97.1 Å². The Morgan fingerprint density at radius 3 is 1.62 bits per heavy atom. The average molecular weight is 880 g/mol. The van der Waals surface area contributed by atoms with Gasteiger partial charge in [0.2, 0.25) is 23.6 Å². The molecule has 0 unspecified atom stereocenters. The quantitative estimate of drug-likeness (QED) is 0.0338. The predicted octanol–water partition coefficient (Wildman–Crippen LogP) is 4.42. The van der Waals surface area contributed by atoms with Gasteiger partial charge in [0.05, 0.1) is 13.0 Å². The molecule has 5 aromatic rings. The van der Waals surface area contributed by atoms with Gasteiger partial charge in [-0.2, -0.15) is 0 Å². The zero-order chi connectivity index (χ0) is 45.3. The van der Waals surface area contributed by atoms with Crippen molar-refractivity contribution in [3.63, 3.8) is 0 Å². The first-order valence-corrected chi connectivity index (χ1v) is 21.7. The Labute approximate surface area is 367 Å². The van der Waals surface area contributed by atoms with Gasteiger partial charge < -0.3 is 51.2 Å². The van der Waals surface area contributed by atoms with Crippen LogP contribution < -0.4 is 36.3 Å². The summed E-state index contributed by atoms with van der Waals surface area (Å²) in [7, 11) is -1.05. The number of nitrogens with one attached hydrogen (secondary N) is 4. The average Bonchev–Trinajstić information content (AvgIpc) is 3.28. The number of unbranched alkanes of at least 4 members (excludes halogenated alkanes) is 1. The molecular weight excluding hydrogens is 826 g/mol. The van der Waals surface area contributed by atoms with Crippen molar-refractivity contribution in [2.45, 2.75) is 75.5 Å². The minimum Gasteiger partial charge on any atom is -0.497 e. The molecule has 5 aromatic carbocycles. The van der Waals surface area contributed by atoms with Gasteiger partial charge in [-0.3, -0.25) is 19.2 Å². The minimum atomic E-state index is -2.64. The second-order valence-corrected chi connectivity index (χ2v) is 15.8. The first kappa shape index (κ1) is 47.7. The number of carbonyl (C=O) groups is 5. The molecule has 0 aliphatic heterocycles. The molecule has 5 atom stereocenters. The van der Waals surface area contributed by atoms with Crippen LogP contribution in [-0.2, 0) is 43.2 Å². The number of methoxy groups -OCH3 is 1. The van der Waals surface area contributed by atoms with E-state index in [1.807, 2.05) is 72.8 Å². The molecule has 0 fully saturated rings. The number of amides is 4. The lowest BCUT2D eigenvalue weighted by atomic mass is 9.96. The number of fused-ring (bicyclic) bond motifs is 1. The van der Waals surface area contributed by atoms with Crippen LogP contribution in [0.3, 0.4) is 0 Å². The highest BCUT2D eigenvalue weighted by Gasteiger charge is 2.32. The van der Waals surface area contributed by atoms with Gasteiger partial charge in [0.15, 0.2) is 0 Å². The number of carboxylic acid groups (broad SMARTS) is 1. The van der Waals surface area contributed by atoms with Crippen LogP contribution in [0.5, 0.6) is 11.5 Å². The van der Waals surface area contributed by atoms with Gasteiger partial charge in [0.1, 0.15) is 35.7 Å². The summed E-state index contributed by atoms with van der Waals surface area (Å²) < 4.78 is 10.2. The van der Waals surface area contributed by atoms with Crippen molar-refractivity contribution in [3.05, 3.63) is 144 Å². The lowest BCUT2D eigenvalue weighted by Crippen LogP contribution is -2.58. The number of carboxylic acids is 1. The maximum absolute atomic E-state index is 14.4. The highest BCUT2D eigenvalue weighted by Crippen LogP contribution is 2.29. The normalized spacial score (nSPS) is 13.5. The smallest absolute Gasteiger partial charge is 0.391 e. The Morgan fingerprint density at radius 2 is 1.06 bits per heavy atom. The maximum atomic E-state index is 14.4. The zero-order valence-electron chi connectivity index (χ0n) is 35.1. The van der Waals surface area contributed by atoms with Crippen LogP contribution in [0.2, 0.25) is 0 Å². The summed E-state index contributed by atoms with van der Waals surface area (Å²) in [5.74, 6) is -3.56. The highest BCUT2D eigenvalue weighted by molar-refractivity contribution is 7.39. The number of nitrogens with two attached hydrogens (primary N) is 1. The van der Waals surface area contributed by atoms with E-state index in [0.29, 0.717) is 36.3 Å². The van der Waals surface area contributed by atoms with Crippen molar-refractivity contribution < 1.29 is 48.1 Å². The van der Waals surface area contributed by atoms with E-state index in [-0.39, 0.29) is 31.4 Å². The SMILES string of the molecule is COc1ccc2cc([C@H](C)C(=O)N[C@H](Cc3ccccc3)C(=O)N[C@H](Cc3ccccc3)C(=O)N[C@H](CCCCN)C(=O)N[C@H](Cc3ccc(OP(O)O)cc3)C(=O)O)ccc2c1. The topological polar surface area (TPSA) is 239 Å². The van der Waals surface area contributed by atoms with Crippen LogP contribution in [0.15, 0.2) is 121 Å². The molecule has 0 aromatic heterocycles. The predicted molar refractivity (Wildman–Crippen MR) is 240 cm³/mol. The van der Waals surface area contributed by atoms with E-state index in [9.17, 15) is 29.1 Å². The summed E-state index contributed by atoms with van der Waals surface area (Å²) in [6.45, 7) is 2.08. The maximum Gasteiger partial charge on any atom is 0.391 e. The molecule has 0 saturated heterocycles. The van der Waals surface area contributed by atoms with Gasteiger partial charge in [0.25, 0.3) is 0 Å². The van der Waals surface area contributed by atoms with Crippen LogP contribution >= 0.6 is 8.60 Å². The van der Waals surface area contributed by atoms with Crippen molar-refractivity contribution in [2.75, 3.05) is 13.7 Å². The van der Waals surface area contributed by atoms with Gasteiger partial charge >= 0.3 is 14.6 Å². The molecule has 0 bridgehead atoms. The van der Waals surface area contributed by atoms with E-state index in [2.05, 4.69) is 21.3 Å². The van der Waals surface area contributed by atoms with Gasteiger partial charge in [-0.15, -0.1) is 0 Å². The molecule has 63 heavy (non-hydrogen) atoms. The third kappa shape index (κ3) is 14.6. The Hall–Kier alpha value is -6.38. The van der Waals surface area contributed by atoms with Crippen molar-refractivity contribution in [1.29, 1.82) is 0 Å². The Bertz CT molecular complexity index is 2300. The largest absolute Gasteiger partial charge is 0.497 e. The van der Waals surface area contributed by atoms with E-state index in [0.717, 1.165) is 21.9 Å². The Morgan fingerprint density at radius 1 is 0.587 bits per heavy atom. The standard InChI is InChI=1S/C47H54N5O10P/c1-30(34-18-19-36-29-38(61-2)23-20-35(36)28-34)43(53)50-40(25-31-11-5-3-6-12-31)46(56)51-41(26-32-13-7-4-8-14-32)45(55)49-39(15-9-10-24-48)44(54)52-42(47(57)58)27-33-16-21-37(22-17-33)62-63(59)60/h3-8,11-14,16-23,28-30,39-42,59-60H,9-10,15,24-27,48H2,1-2H3,(H,49,55)(H,50,53)(H,51,56)(H,52,54)(H,57,58)/t30-,39+,40+,41+,42+/m0/s1. The molecule has 9 N–H and O–H groups in total. The number of benzene rings is 5. The zero-order valence-corrected chi connectivity index (χ0v) is 36.0. The number of ether oxygens (including phenoxy) is 1. The van der Waals surface area contributed by atoms with Gasteiger partial charge in [-0.05, 0) is 90.0 Å². The fourth-order valence-corrected chi connectivity index (χ4v) is 7.31. The second-order valence-electron chi connectivity index (χ2n) is 15.1. The summed E-state index contributed by atoms with van der Waals surface area (Å²) in [6.07, 6.45) is 1.09. The molecule has 5 rings (SSSR count). The molecular formula is C47H54N5O10P. The van der Waals surface area contributed by atoms with Crippen molar-refractivity contribution in [3.8, 4) is 11.5 Å². The Kier molecular flexibility index (Phi) is 18.0. The van der Waals surface area contributed by atoms with Gasteiger partial charge in [-0.25, -0.2) is 4.79 Å². The molecule has 0 saturated carbocycles.